The molecular weight excluding hydrogens is 286 g/mol. The molecule has 1 heterocycles. The maximum Gasteiger partial charge on any atom is 0.230 e. The molecular formula is C16H20ClN3O. The molecule has 4 nitrogen and oxygen atoms in total. The third kappa shape index (κ3) is 3.55. The SMILES string of the molecule is CCCC1(C(=O)Nc2ccc(C#N)c(Cl)c2)CCNCC1. The van der Waals surface area contributed by atoms with Gasteiger partial charge in [0.2, 0.25) is 5.91 Å². The summed E-state index contributed by atoms with van der Waals surface area (Å²) in [4.78, 5) is 12.7. The summed E-state index contributed by atoms with van der Waals surface area (Å²) in [5, 5.41) is 15.5. The topological polar surface area (TPSA) is 64.9 Å². The fourth-order valence-electron chi connectivity index (χ4n) is 2.92. The molecule has 0 saturated carbocycles. The number of nitriles is 1. The molecule has 2 rings (SSSR count). The Balaban J connectivity index is 2.15. The van der Waals surface area contributed by atoms with E-state index in [4.69, 9.17) is 16.9 Å². The van der Waals surface area contributed by atoms with Crippen LogP contribution in [0.1, 0.15) is 38.2 Å². The van der Waals surface area contributed by atoms with Crippen LogP contribution in [0.2, 0.25) is 5.02 Å². The fourth-order valence-corrected chi connectivity index (χ4v) is 3.14. The zero-order valence-electron chi connectivity index (χ0n) is 12.2. The lowest BCUT2D eigenvalue weighted by molar-refractivity contribution is -0.127. The van der Waals surface area contributed by atoms with Crippen LogP contribution in [0.15, 0.2) is 18.2 Å². The van der Waals surface area contributed by atoms with Crippen molar-refractivity contribution in [3.05, 3.63) is 28.8 Å². The molecule has 0 atom stereocenters. The molecule has 1 aromatic rings. The molecule has 1 aromatic carbocycles. The van der Waals surface area contributed by atoms with Gasteiger partial charge in [0.15, 0.2) is 0 Å². The monoisotopic (exact) mass is 305 g/mol. The van der Waals surface area contributed by atoms with Crippen LogP contribution in [0.5, 0.6) is 0 Å². The number of hydrogen-bond acceptors (Lipinski definition) is 3. The summed E-state index contributed by atoms with van der Waals surface area (Å²) in [5.74, 6) is 0.0617. The van der Waals surface area contributed by atoms with Gasteiger partial charge in [0.05, 0.1) is 16.0 Å². The summed E-state index contributed by atoms with van der Waals surface area (Å²) in [6.07, 6.45) is 3.60. The molecule has 21 heavy (non-hydrogen) atoms. The Kier molecular flexibility index (Phi) is 5.22. The second-order valence-corrected chi connectivity index (χ2v) is 5.95. The Morgan fingerprint density at radius 2 is 2.19 bits per heavy atom. The molecule has 2 N–H and O–H groups in total. The van der Waals surface area contributed by atoms with Gasteiger partial charge >= 0.3 is 0 Å². The Hall–Kier alpha value is -1.57. The van der Waals surface area contributed by atoms with Gasteiger partial charge in [-0.1, -0.05) is 24.9 Å². The maximum atomic E-state index is 12.7. The molecule has 0 aromatic heterocycles. The predicted octanol–water partition coefficient (Wildman–Crippen LogP) is 3.32. The van der Waals surface area contributed by atoms with Crippen molar-refractivity contribution in [1.82, 2.24) is 5.32 Å². The fraction of sp³-hybridized carbons (Fsp3) is 0.500. The molecule has 0 aliphatic carbocycles. The third-order valence-corrected chi connectivity index (χ3v) is 4.43. The van der Waals surface area contributed by atoms with E-state index in [1.165, 1.54) is 0 Å². The number of rotatable bonds is 4. The average Bonchev–Trinajstić information content (AvgIpc) is 2.48. The molecule has 112 valence electrons. The number of piperidine rings is 1. The number of benzene rings is 1. The van der Waals surface area contributed by atoms with E-state index >= 15 is 0 Å². The van der Waals surface area contributed by atoms with Gasteiger partial charge in [-0.2, -0.15) is 5.26 Å². The molecule has 0 unspecified atom stereocenters. The van der Waals surface area contributed by atoms with Crippen molar-refractivity contribution in [2.45, 2.75) is 32.6 Å². The van der Waals surface area contributed by atoms with Gasteiger partial charge in [-0.25, -0.2) is 0 Å². The van der Waals surface area contributed by atoms with Crippen molar-refractivity contribution in [2.75, 3.05) is 18.4 Å². The lowest BCUT2D eigenvalue weighted by atomic mass is 9.74. The van der Waals surface area contributed by atoms with Crippen molar-refractivity contribution >= 4 is 23.2 Å². The molecule has 1 fully saturated rings. The molecule has 1 amide bonds. The van der Waals surface area contributed by atoms with E-state index in [1.54, 1.807) is 18.2 Å². The highest BCUT2D eigenvalue weighted by Crippen LogP contribution is 2.35. The van der Waals surface area contributed by atoms with Crippen LogP contribution >= 0.6 is 11.6 Å². The molecule has 0 spiro atoms. The van der Waals surface area contributed by atoms with Gasteiger partial charge in [-0.05, 0) is 50.6 Å². The minimum absolute atomic E-state index is 0.0617. The number of nitrogens with one attached hydrogen (secondary N) is 2. The first-order valence-electron chi connectivity index (χ1n) is 7.33. The van der Waals surface area contributed by atoms with Gasteiger partial charge in [-0.3, -0.25) is 4.79 Å². The minimum Gasteiger partial charge on any atom is -0.326 e. The molecule has 0 radical (unpaired) electrons. The number of hydrogen-bond donors (Lipinski definition) is 2. The van der Waals surface area contributed by atoms with Crippen LogP contribution in [0.25, 0.3) is 0 Å². The van der Waals surface area contributed by atoms with E-state index in [0.29, 0.717) is 16.3 Å². The quantitative estimate of drug-likeness (QED) is 0.897. The van der Waals surface area contributed by atoms with Gasteiger partial charge in [0, 0.05) is 5.69 Å². The van der Waals surface area contributed by atoms with Gasteiger partial charge in [-0.15, -0.1) is 0 Å². The second-order valence-electron chi connectivity index (χ2n) is 5.54. The van der Waals surface area contributed by atoms with E-state index in [9.17, 15) is 4.79 Å². The van der Waals surface area contributed by atoms with Gasteiger partial charge < -0.3 is 10.6 Å². The summed E-state index contributed by atoms with van der Waals surface area (Å²) in [6.45, 7) is 3.86. The smallest absolute Gasteiger partial charge is 0.230 e. The average molecular weight is 306 g/mol. The minimum atomic E-state index is -0.291. The largest absolute Gasteiger partial charge is 0.326 e. The standard InChI is InChI=1S/C16H20ClN3O/c1-2-5-16(6-8-19-9-7-16)15(21)20-13-4-3-12(11-18)14(17)10-13/h3-4,10,19H,2,5-9H2,1H3,(H,20,21). The highest BCUT2D eigenvalue weighted by molar-refractivity contribution is 6.32. The first-order chi connectivity index (χ1) is 10.1. The van der Waals surface area contributed by atoms with Crippen LogP contribution in [0.4, 0.5) is 5.69 Å². The van der Waals surface area contributed by atoms with Crippen LogP contribution in [0, 0.1) is 16.7 Å². The van der Waals surface area contributed by atoms with Crippen molar-refractivity contribution in [3.8, 4) is 6.07 Å². The summed E-state index contributed by atoms with van der Waals surface area (Å²) < 4.78 is 0. The van der Waals surface area contributed by atoms with E-state index in [1.807, 2.05) is 6.07 Å². The number of amides is 1. The first-order valence-corrected chi connectivity index (χ1v) is 7.71. The summed E-state index contributed by atoms with van der Waals surface area (Å²) in [5.41, 5.74) is 0.776. The van der Waals surface area contributed by atoms with Crippen LogP contribution in [-0.4, -0.2) is 19.0 Å². The Morgan fingerprint density at radius 3 is 2.76 bits per heavy atom. The highest BCUT2D eigenvalue weighted by atomic mass is 35.5. The number of nitrogens with zero attached hydrogens (tertiary/aromatic N) is 1. The summed E-state index contributed by atoms with van der Waals surface area (Å²) in [6, 6.07) is 7.01. The molecule has 0 bridgehead atoms. The third-order valence-electron chi connectivity index (χ3n) is 4.12. The van der Waals surface area contributed by atoms with Crippen molar-refractivity contribution in [1.29, 1.82) is 5.26 Å². The van der Waals surface area contributed by atoms with E-state index in [2.05, 4.69) is 17.6 Å². The molecule has 5 heteroatoms. The van der Waals surface area contributed by atoms with Crippen LogP contribution in [0.3, 0.4) is 0 Å². The van der Waals surface area contributed by atoms with Gasteiger partial charge in [0.25, 0.3) is 0 Å². The maximum absolute atomic E-state index is 12.7. The number of carbonyl (C=O) groups is 1. The Bertz CT molecular complexity index is 554. The van der Waals surface area contributed by atoms with Crippen molar-refractivity contribution < 1.29 is 4.79 Å². The van der Waals surface area contributed by atoms with Crippen molar-refractivity contribution in [2.24, 2.45) is 5.41 Å². The molecule has 1 aliphatic heterocycles. The second kappa shape index (κ2) is 6.93. The van der Waals surface area contributed by atoms with E-state index in [0.717, 1.165) is 38.8 Å². The Morgan fingerprint density at radius 1 is 1.48 bits per heavy atom. The first kappa shape index (κ1) is 15.8. The summed E-state index contributed by atoms with van der Waals surface area (Å²) in [7, 11) is 0. The predicted molar refractivity (Wildman–Crippen MR) is 84.2 cm³/mol. The zero-order chi connectivity index (χ0) is 15.3. The van der Waals surface area contributed by atoms with Gasteiger partial charge in [0.1, 0.15) is 6.07 Å². The molecule has 1 aliphatic rings. The Labute approximate surface area is 130 Å². The van der Waals surface area contributed by atoms with Crippen molar-refractivity contribution in [3.63, 3.8) is 0 Å². The van der Waals surface area contributed by atoms with Crippen LogP contribution in [-0.2, 0) is 4.79 Å². The van der Waals surface area contributed by atoms with E-state index in [-0.39, 0.29) is 11.3 Å². The zero-order valence-corrected chi connectivity index (χ0v) is 13.0. The number of carbonyl (C=O) groups excluding carboxylic acids is 1. The van der Waals surface area contributed by atoms with Crippen LogP contribution < -0.4 is 10.6 Å². The lowest BCUT2D eigenvalue weighted by Crippen LogP contribution is -2.44. The number of anilines is 1. The lowest BCUT2D eigenvalue weighted by Gasteiger charge is -2.36. The number of halogens is 1. The normalized spacial score (nSPS) is 17.0. The van der Waals surface area contributed by atoms with E-state index < -0.39 is 0 Å². The molecule has 1 saturated heterocycles. The highest BCUT2D eigenvalue weighted by Gasteiger charge is 2.38. The summed E-state index contributed by atoms with van der Waals surface area (Å²) >= 11 is 6.01.